The van der Waals surface area contributed by atoms with Crippen molar-refractivity contribution >= 4 is 16.9 Å². The molecule has 0 radical (unpaired) electrons. The molecule has 0 fully saturated rings. The highest BCUT2D eigenvalue weighted by molar-refractivity contribution is 5.79. The van der Waals surface area contributed by atoms with E-state index in [1.54, 1.807) is 12.1 Å². The van der Waals surface area contributed by atoms with Crippen LogP contribution in [0.25, 0.3) is 11.0 Å². The number of hydrogen-bond acceptors (Lipinski definition) is 3. The summed E-state index contributed by atoms with van der Waals surface area (Å²) in [5, 5.41) is 12.6. The average molecular weight is 341 g/mol. The van der Waals surface area contributed by atoms with Gasteiger partial charge in [0.15, 0.2) is 0 Å². The van der Waals surface area contributed by atoms with E-state index >= 15 is 0 Å². The van der Waals surface area contributed by atoms with Gasteiger partial charge in [-0.2, -0.15) is 0 Å². The quantitative estimate of drug-likeness (QED) is 0.645. The highest BCUT2D eigenvalue weighted by atomic mass is 19.1. The Labute approximate surface area is 144 Å². The number of halogens is 1. The number of carbonyl (C=O) groups excluding carboxylic acids is 1. The predicted molar refractivity (Wildman–Crippen MR) is 93.5 cm³/mol. The number of hydrogen-bond donors (Lipinski definition) is 3. The molecule has 3 aromatic rings. The normalized spacial score (nSPS) is 12.3. The molecule has 0 aliphatic heterocycles. The molecule has 6 heteroatoms. The van der Waals surface area contributed by atoms with E-state index in [2.05, 4.69) is 15.3 Å². The number of nitrogens with one attached hydrogen (secondary N) is 2. The number of amides is 1. The van der Waals surface area contributed by atoms with Gasteiger partial charge in [-0.3, -0.25) is 4.79 Å². The highest BCUT2D eigenvalue weighted by Crippen LogP contribution is 2.17. The van der Waals surface area contributed by atoms with Crippen LogP contribution in [0.4, 0.5) is 4.39 Å². The SMILES string of the molecule is Cc1cccc2[nH]c(CCC(=O)NCC(O)c3ccccc3F)nc12. The Morgan fingerprint density at radius 2 is 2.08 bits per heavy atom. The Morgan fingerprint density at radius 3 is 2.84 bits per heavy atom. The summed E-state index contributed by atoms with van der Waals surface area (Å²) in [6, 6.07) is 11.9. The molecule has 1 heterocycles. The second-order valence-electron chi connectivity index (χ2n) is 6.00. The number of aromatic amines is 1. The number of aliphatic hydroxyl groups excluding tert-OH is 1. The molecule has 5 nitrogen and oxygen atoms in total. The minimum Gasteiger partial charge on any atom is -0.386 e. The number of nitrogens with zero attached hydrogens (tertiary/aromatic N) is 1. The number of H-pyrrole nitrogens is 1. The molecule has 2 aromatic carbocycles. The van der Waals surface area contributed by atoms with Crippen LogP contribution in [0, 0.1) is 12.7 Å². The number of aryl methyl sites for hydroxylation is 2. The molecule has 0 aliphatic rings. The number of imidazole rings is 1. The summed E-state index contributed by atoms with van der Waals surface area (Å²) in [6.45, 7) is 1.96. The summed E-state index contributed by atoms with van der Waals surface area (Å²) < 4.78 is 13.6. The van der Waals surface area contributed by atoms with Crippen molar-refractivity contribution in [1.29, 1.82) is 0 Å². The Morgan fingerprint density at radius 1 is 1.28 bits per heavy atom. The fourth-order valence-corrected chi connectivity index (χ4v) is 2.73. The summed E-state index contributed by atoms with van der Waals surface area (Å²) in [5.74, 6) is 0.0450. The summed E-state index contributed by atoms with van der Waals surface area (Å²) >= 11 is 0. The number of aromatic nitrogens is 2. The molecule has 0 spiro atoms. The summed E-state index contributed by atoms with van der Waals surface area (Å²) in [7, 11) is 0. The van der Waals surface area contributed by atoms with E-state index in [1.165, 1.54) is 12.1 Å². The lowest BCUT2D eigenvalue weighted by molar-refractivity contribution is -0.121. The molecule has 3 N–H and O–H groups in total. The summed E-state index contributed by atoms with van der Waals surface area (Å²) in [6.07, 6.45) is -0.363. The highest BCUT2D eigenvalue weighted by Gasteiger charge is 2.14. The van der Waals surface area contributed by atoms with Gasteiger partial charge in [-0.15, -0.1) is 0 Å². The van der Waals surface area contributed by atoms with Gasteiger partial charge in [0.05, 0.1) is 17.1 Å². The maximum atomic E-state index is 13.6. The molecule has 130 valence electrons. The van der Waals surface area contributed by atoms with Crippen molar-refractivity contribution in [2.75, 3.05) is 6.54 Å². The van der Waals surface area contributed by atoms with Crippen LogP contribution in [0.1, 0.15) is 29.5 Å². The van der Waals surface area contributed by atoms with E-state index in [0.717, 1.165) is 22.4 Å². The first kappa shape index (κ1) is 17.1. The Bertz CT molecular complexity index is 891. The molecule has 0 saturated heterocycles. The summed E-state index contributed by atoms with van der Waals surface area (Å²) in [5.41, 5.74) is 3.12. The lowest BCUT2D eigenvalue weighted by atomic mass is 10.1. The van der Waals surface area contributed by atoms with Crippen LogP contribution in [-0.4, -0.2) is 27.5 Å². The van der Waals surface area contributed by atoms with Crippen molar-refractivity contribution in [3.63, 3.8) is 0 Å². The lowest BCUT2D eigenvalue weighted by Crippen LogP contribution is -2.28. The number of fused-ring (bicyclic) bond motifs is 1. The summed E-state index contributed by atoms with van der Waals surface area (Å²) in [4.78, 5) is 19.7. The zero-order chi connectivity index (χ0) is 17.8. The second kappa shape index (κ2) is 7.44. The van der Waals surface area contributed by atoms with Gasteiger partial charge in [0.25, 0.3) is 0 Å². The van der Waals surface area contributed by atoms with Crippen LogP contribution in [-0.2, 0) is 11.2 Å². The average Bonchev–Trinajstić information content (AvgIpc) is 3.03. The molecule has 3 rings (SSSR count). The van der Waals surface area contributed by atoms with Crippen molar-refractivity contribution in [1.82, 2.24) is 15.3 Å². The smallest absolute Gasteiger partial charge is 0.220 e. The van der Waals surface area contributed by atoms with Gasteiger partial charge in [-0.05, 0) is 24.6 Å². The minimum absolute atomic E-state index is 0.0288. The maximum Gasteiger partial charge on any atom is 0.220 e. The van der Waals surface area contributed by atoms with Gasteiger partial charge in [0, 0.05) is 24.9 Å². The minimum atomic E-state index is -1.07. The fourth-order valence-electron chi connectivity index (χ4n) is 2.73. The van der Waals surface area contributed by atoms with E-state index in [9.17, 15) is 14.3 Å². The van der Waals surface area contributed by atoms with Crippen LogP contribution >= 0.6 is 0 Å². The van der Waals surface area contributed by atoms with Gasteiger partial charge in [-0.1, -0.05) is 30.3 Å². The van der Waals surface area contributed by atoms with Crippen molar-refractivity contribution in [3.8, 4) is 0 Å². The van der Waals surface area contributed by atoms with Gasteiger partial charge < -0.3 is 15.4 Å². The molecular weight excluding hydrogens is 321 g/mol. The van der Waals surface area contributed by atoms with Gasteiger partial charge in [-0.25, -0.2) is 9.37 Å². The van der Waals surface area contributed by atoms with Crippen LogP contribution in [0.15, 0.2) is 42.5 Å². The molecular formula is C19H20FN3O2. The Kier molecular flexibility index (Phi) is 5.09. The maximum absolute atomic E-state index is 13.6. The van der Waals surface area contributed by atoms with E-state index in [-0.39, 0.29) is 24.4 Å². The number of rotatable bonds is 6. The molecule has 0 aliphatic carbocycles. The third-order valence-corrected chi connectivity index (χ3v) is 4.11. The van der Waals surface area contributed by atoms with E-state index in [0.29, 0.717) is 6.42 Å². The molecule has 1 atom stereocenters. The largest absolute Gasteiger partial charge is 0.386 e. The molecule has 25 heavy (non-hydrogen) atoms. The Balaban J connectivity index is 1.52. The number of para-hydroxylation sites is 1. The van der Waals surface area contributed by atoms with Crippen LogP contribution < -0.4 is 5.32 Å². The molecule has 1 amide bonds. The topological polar surface area (TPSA) is 78.0 Å². The standard InChI is InChI=1S/C19H20FN3O2/c1-12-5-4-8-15-19(12)23-17(22-15)9-10-18(25)21-11-16(24)13-6-2-3-7-14(13)20/h2-8,16,24H,9-11H2,1H3,(H,21,25)(H,22,23). The zero-order valence-electron chi connectivity index (χ0n) is 13.9. The third kappa shape index (κ3) is 4.03. The first-order valence-corrected chi connectivity index (χ1v) is 8.18. The molecule has 1 unspecified atom stereocenters. The van der Waals surface area contributed by atoms with Gasteiger partial charge >= 0.3 is 0 Å². The lowest BCUT2D eigenvalue weighted by Gasteiger charge is -2.12. The number of aliphatic hydroxyl groups is 1. The molecule has 0 saturated carbocycles. The van der Waals surface area contributed by atoms with Crippen molar-refractivity contribution in [3.05, 3.63) is 65.2 Å². The first-order valence-electron chi connectivity index (χ1n) is 8.18. The van der Waals surface area contributed by atoms with Crippen LogP contribution in [0.5, 0.6) is 0 Å². The Hall–Kier alpha value is -2.73. The fraction of sp³-hybridized carbons (Fsp3) is 0.263. The number of carbonyl (C=O) groups is 1. The van der Waals surface area contributed by atoms with Crippen LogP contribution in [0.2, 0.25) is 0 Å². The van der Waals surface area contributed by atoms with Crippen molar-refractivity contribution < 1.29 is 14.3 Å². The second-order valence-corrected chi connectivity index (χ2v) is 6.00. The van der Waals surface area contributed by atoms with Gasteiger partial charge in [0.1, 0.15) is 11.6 Å². The van der Waals surface area contributed by atoms with Crippen molar-refractivity contribution in [2.24, 2.45) is 0 Å². The van der Waals surface area contributed by atoms with Gasteiger partial charge in [0.2, 0.25) is 5.91 Å². The molecule has 0 bridgehead atoms. The van der Waals surface area contributed by atoms with E-state index in [4.69, 9.17) is 0 Å². The first-order chi connectivity index (χ1) is 12.0. The van der Waals surface area contributed by atoms with E-state index < -0.39 is 11.9 Å². The van der Waals surface area contributed by atoms with E-state index in [1.807, 2.05) is 25.1 Å². The predicted octanol–water partition coefficient (Wildman–Crippen LogP) is 2.79. The third-order valence-electron chi connectivity index (χ3n) is 4.11. The van der Waals surface area contributed by atoms with Crippen LogP contribution in [0.3, 0.4) is 0 Å². The molecule has 1 aromatic heterocycles. The zero-order valence-corrected chi connectivity index (χ0v) is 13.9. The van der Waals surface area contributed by atoms with Crippen molar-refractivity contribution in [2.45, 2.75) is 25.9 Å². The monoisotopic (exact) mass is 341 g/mol. The number of benzene rings is 2.